The minimum atomic E-state index is -4.71. The van der Waals surface area contributed by atoms with Crippen molar-refractivity contribution in [2.45, 2.75) is 12.9 Å². The number of ether oxygens (including phenoxy) is 2. The van der Waals surface area contributed by atoms with Crippen molar-refractivity contribution in [2.24, 2.45) is 5.73 Å². The van der Waals surface area contributed by atoms with Crippen LogP contribution >= 0.6 is 15.9 Å². The van der Waals surface area contributed by atoms with E-state index >= 15 is 0 Å². The molecule has 0 aliphatic heterocycles. The van der Waals surface area contributed by atoms with E-state index in [1.165, 1.54) is 24.3 Å². The van der Waals surface area contributed by atoms with Crippen LogP contribution in [0.3, 0.4) is 0 Å². The first kappa shape index (κ1) is 15.7. The predicted octanol–water partition coefficient (Wildman–Crippen LogP) is 4.60. The van der Waals surface area contributed by atoms with E-state index in [1.807, 2.05) is 6.07 Å². The van der Waals surface area contributed by atoms with Crippen LogP contribution in [0.15, 0.2) is 46.9 Å². The smallest absolute Gasteiger partial charge is 0.457 e. The molecule has 2 rings (SSSR count). The van der Waals surface area contributed by atoms with Gasteiger partial charge >= 0.3 is 6.36 Å². The van der Waals surface area contributed by atoms with Gasteiger partial charge in [-0.2, -0.15) is 0 Å². The Labute approximate surface area is 127 Å². The van der Waals surface area contributed by atoms with Crippen LogP contribution in [0.4, 0.5) is 13.2 Å². The molecule has 2 aromatic carbocycles. The Balaban J connectivity index is 2.14. The van der Waals surface area contributed by atoms with Gasteiger partial charge in [0.15, 0.2) is 0 Å². The van der Waals surface area contributed by atoms with Crippen molar-refractivity contribution < 1.29 is 22.6 Å². The highest BCUT2D eigenvalue weighted by Crippen LogP contribution is 2.30. The second-order valence-corrected chi connectivity index (χ2v) is 4.99. The van der Waals surface area contributed by atoms with E-state index in [0.29, 0.717) is 11.5 Å². The Bertz CT molecular complexity index is 615. The molecule has 0 unspecified atom stereocenters. The van der Waals surface area contributed by atoms with Crippen molar-refractivity contribution in [1.82, 2.24) is 0 Å². The molecule has 2 N–H and O–H groups in total. The third kappa shape index (κ3) is 4.64. The minimum Gasteiger partial charge on any atom is -0.457 e. The fraction of sp³-hybridized carbons (Fsp3) is 0.143. The fourth-order valence-corrected chi connectivity index (χ4v) is 2.05. The number of alkyl halides is 3. The van der Waals surface area contributed by atoms with E-state index in [9.17, 15) is 13.2 Å². The molecule has 0 saturated carbocycles. The first-order chi connectivity index (χ1) is 9.87. The van der Waals surface area contributed by atoms with Crippen molar-refractivity contribution >= 4 is 15.9 Å². The molecule has 0 atom stereocenters. The Morgan fingerprint density at radius 3 is 2.19 bits per heavy atom. The number of rotatable bonds is 4. The van der Waals surface area contributed by atoms with Crippen LogP contribution in [0.25, 0.3) is 0 Å². The number of hydrogen-bond donors (Lipinski definition) is 1. The van der Waals surface area contributed by atoms with Gasteiger partial charge in [0.05, 0.1) is 0 Å². The summed E-state index contributed by atoms with van der Waals surface area (Å²) in [6.07, 6.45) is -4.71. The Kier molecular flexibility index (Phi) is 4.74. The molecule has 0 radical (unpaired) electrons. The summed E-state index contributed by atoms with van der Waals surface area (Å²) in [5, 5.41) is 0. The summed E-state index contributed by atoms with van der Waals surface area (Å²) in [5.74, 6) is 0.636. The molecule has 0 bridgehead atoms. The van der Waals surface area contributed by atoms with Crippen LogP contribution in [-0.2, 0) is 6.54 Å². The average molecular weight is 362 g/mol. The van der Waals surface area contributed by atoms with Crippen LogP contribution in [0.5, 0.6) is 17.2 Å². The fourth-order valence-electron chi connectivity index (χ4n) is 1.64. The van der Waals surface area contributed by atoms with Gasteiger partial charge in [0, 0.05) is 16.6 Å². The maximum absolute atomic E-state index is 12.1. The lowest BCUT2D eigenvalue weighted by Crippen LogP contribution is -2.16. The van der Waals surface area contributed by atoms with Gasteiger partial charge in [-0.05, 0) is 42.5 Å². The molecule has 21 heavy (non-hydrogen) atoms. The van der Waals surface area contributed by atoms with Gasteiger partial charge in [-0.15, -0.1) is 13.2 Å². The Hall–Kier alpha value is -1.73. The quantitative estimate of drug-likeness (QED) is 0.865. The van der Waals surface area contributed by atoms with Crippen molar-refractivity contribution in [3.63, 3.8) is 0 Å². The maximum atomic E-state index is 12.1. The number of benzene rings is 2. The van der Waals surface area contributed by atoms with E-state index in [1.54, 1.807) is 12.1 Å². The van der Waals surface area contributed by atoms with Gasteiger partial charge in [-0.3, -0.25) is 0 Å². The second kappa shape index (κ2) is 6.36. The molecule has 112 valence electrons. The summed E-state index contributed by atoms with van der Waals surface area (Å²) in [5.41, 5.74) is 6.40. The number of hydrogen-bond acceptors (Lipinski definition) is 3. The number of nitrogens with two attached hydrogens (primary N) is 1. The third-order valence-electron chi connectivity index (χ3n) is 2.53. The summed E-state index contributed by atoms with van der Waals surface area (Å²) in [7, 11) is 0. The molecule has 0 saturated heterocycles. The molecule has 0 amide bonds. The van der Waals surface area contributed by atoms with Crippen molar-refractivity contribution in [3.05, 3.63) is 52.5 Å². The lowest BCUT2D eigenvalue weighted by molar-refractivity contribution is -0.274. The van der Waals surface area contributed by atoms with Crippen LogP contribution in [-0.4, -0.2) is 6.36 Å². The van der Waals surface area contributed by atoms with Crippen molar-refractivity contribution in [1.29, 1.82) is 0 Å². The highest BCUT2D eigenvalue weighted by molar-refractivity contribution is 9.10. The highest BCUT2D eigenvalue weighted by atomic mass is 79.9. The van der Waals surface area contributed by atoms with Gasteiger partial charge in [0.1, 0.15) is 17.2 Å². The minimum absolute atomic E-state index is 0.282. The zero-order valence-electron chi connectivity index (χ0n) is 10.7. The normalized spacial score (nSPS) is 11.3. The Morgan fingerprint density at radius 2 is 1.62 bits per heavy atom. The summed E-state index contributed by atoms with van der Waals surface area (Å²) < 4.78 is 46.4. The zero-order chi connectivity index (χ0) is 15.5. The molecule has 3 nitrogen and oxygen atoms in total. The predicted molar refractivity (Wildman–Crippen MR) is 75.2 cm³/mol. The van der Waals surface area contributed by atoms with Gasteiger partial charge in [0.2, 0.25) is 0 Å². The lowest BCUT2D eigenvalue weighted by Gasteiger charge is -2.12. The maximum Gasteiger partial charge on any atom is 0.573 e. The molecule has 0 aromatic heterocycles. The summed E-state index contributed by atoms with van der Waals surface area (Å²) >= 11 is 3.33. The standard InChI is InChI=1S/C14H11BrF3NO2/c15-10-1-6-13(9(7-10)8-19)20-11-2-4-12(5-3-11)21-14(16,17)18/h1-7H,8,19H2. The zero-order valence-corrected chi connectivity index (χ0v) is 12.2. The molecular formula is C14H11BrF3NO2. The van der Waals surface area contributed by atoms with Gasteiger partial charge < -0.3 is 15.2 Å². The van der Waals surface area contributed by atoms with Crippen LogP contribution in [0.1, 0.15) is 5.56 Å². The third-order valence-corrected chi connectivity index (χ3v) is 3.02. The number of halogens is 4. The molecule has 0 aliphatic rings. The van der Waals surface area contributed by atoms with E-state index in [0.717, 1.165) is 10.0 Å². The topological polar surface area (TPSA) is 44.5 Å². The molecule has 7 heteroatoms. The van der Waals surface area contributed by atoms with Crippen molar-refractivity contribution in [2.75, 3.05) is 0 Å². The molecule has 0 fully saturated rings. The summed E-state index contributed by atoms with van der Waals surface area (Å²) in [6, 6.07) is 10.5. The van der Waals surface area contributed by atoms with E-state index in [-0.39, 0.29) is 12.3 Å². The highest BCUT2D eigenvalue weighted by Gasteiger charge is 2.30. The van der Waals surface area contributed by atoms with Gasteiger partial charge in [-0.25, -0.2) is 0 Å². The van der Waals surface area contributed by atoms with Gasteiger partial charge in [-0.1, -0.05) is 15.9 Å². The molecule has 0 spiro atoms. The summed E-state index contributed by atoms with van der Waals surface area (Å²) in [6.45, 7) is 0.282. The van der Waals surface area contributed by atoms with Crippen LogP contribution in [0.2, 0.25) is 0 Å². The SMILES string of the molecule is NCc1cc(Br)ccc1Oc1ccc(OC(F)(F)F)cc1. The molecular weight excluding hydrogens is 351 g/mol. The van der Waals surface area contributed by atoms with E-state index in [4.69, 9.17) is 10.5 Å². The Morgan fingerprint density at radius 1 is 1.00 bits per heavy atom. The molecule has 2 aromatic rings. The molecule has 0 heterocycles. The lowest BCUT2D eigenvalue weighted by atomic mass is 10.2. The van der Waals surface area contributed by atoms with Gasteiger partial charge in [0.25, 0.3) is 0 Å². The van der Waals surface area contributed by atoms with E-state index in [2.05, 4.69) is 20.7 Å². The summed E-state index contributed by atoms with van der Waals surface area (Å²) in [4.78, 5) is 0. The van der Waals surface area contributed by atoms with E-state index < -0.39 is 6.36 Å². The van der Waals surface area contributed by atoms with Crippen molar-refractivity contribution in [3.8, 4) is 17.2 Å². The first-order valence-electron chi connectivity index (χ1n) is 5.89. The van der Waals surface area contributed by atoms with Crippen LogP contribution < -0.4 is 15.2 Å². The average Bonchev–Trinajstić information content (AvgIpc) is 2.41. The monoisotopic (exact) mass is 361 g/mol. The van der Waals surface area contributed by atoms with Crippen LogP contribution in [0, 0.1) is 0 Å². The largest absolute Gasteiger partial charge is 0.573 e. The second-order valence-electron chi connectivity index (χ2n) is 4.08. The first-order valence-corrected chi connectivity index (χ1v) is 6.69. The molecule has 0 aliphatic carbocycles.